The molecule has 1 amide bonds. The number of carbonyl (C=O) groups is 1. The van der Waals surface area contributed by atoms with Gasteiger partial charge >= 0.3 is 5.69 Å². The van der Waals surface area contributed by atoms with Crippen LogP contribution in [0.25, 0.3) is 11.2 Å². The highest BCUT2D eigenvalue weighted by molar-refractivity contribution is 5.92. The fourth-order valence-corrected chi connectivity index (χ4v) is 4.19. The highest BCUT2D eigenvalue weighted by atomic mass is 16.2. The number of imidazole rings is 1. The molecule has 1 aliphatic rings. The summed E-state index contributed by atoms with van der Waals surface area (Å²) in [6, 6.07) is 9.46. The Hall–Kier alpha value is -3.24. The number of hydrogen-bond acceptors (Lipinski definition) is 6. The van der Waals surface area contributed by atoms with Crippen LogP contribution in [0.5, 0.6) is 0 Å². The number of hydrogen-bond donors (Lipinski definition) is 2. The first-order chi connectivity index (χ1) is 16.0. The smallest absolute Gasteiger partial charge is 0.325 e. The van der Waals surface area contributed by atoms with Crippen LogP contribution in [0.4, 0.5) is 5.69 Å². The van der Waals surface area contributed by atoms with Crippen LogP contribution in [0, 0.1) is 0 Å². The van der Waals surface area contributed by atoms with Gasteiger partial charge in [0, 0.05) is 45.5 Å². The fourth-order valence-electron chi connectivity index (χ4n) is 4.19. The number of piperazine rings is 1. The van der Waals surface area contributed by atoms with Gasteiger partial charge in [-0.05, 0) is 18.6 Å². The zero-order valence-electron chi connectivity index (χ0n) is 19.2. The molecule has 1 aliphatic heterocycles. The number of H-pyrrole nitrogens is 1. The van der Waals surface area contributed by atoms with Crippen molar-refractivity contribution < 1.29 is 4.79 Å². The van der Waals surface area contributed by atoms with Gasteiger partial charge in [-0.15, -0.1) is 0 Å². The Kier molecular flexibility index (Phi) is 7.05. The molecule has 0 atom stereocenters. The highest BCUT2D eigenvalue weighted by Gasteiger charge is 2.22. The lowest BCUT2D eigenvalue weighted by Crippen LogP contribution is -2.48. The molecule has 1 fully saturated rings. The van der Waals surface area contributed by atoms with Crippen LogP contribution in [0.15, 0.2) is 39.9 Å². The second-order valence-electron chi connectivity index (χ2n) is 8.49. The van der Waals surface area contributed by atoms with Crippen molar-refractivity contribution in [2.24, 2.45) is 7.05 Å². The average molecular weight is 454 g/mol. The zero-order chi connectivity index (χ0) is 23.4. The summed E-state index contributed by atoms with van der Waals surface area (Å²) in [5.41, 5.74) is 0.865. The van der Waals surface area contributed by atoms with E-state index in [1.807, 2.05) is 37.4 Å². The number of unbranched alkanes of at least 4 members (excludes halogenated alkanes) is 1. The van der Waals surface area contributed by atoms with Crippen molar-refractivity contribution in [3.05, 3.63) is 57.0 Å². The standard InChI is InChI=1S/C23H31N7O3/c1-3-4-10-30-21-20(22(32)26-23(30)33)27(2)18(25-21)15-28-11-13-29(14-12-28)16-19(31)24-17-8-6-5-7-9-17/h5-9H,3-4,10-16H2,1-2H3,(H,24,31)(H,26,32,33). The molecule has 1 aromatic carbocycles. The minimum absolute atomic E-state index is 0.0192. The molecule has 3 heterocycles. The summed E-state index contributed by atoms with van der Waals surface area (Å²) in [5, 5.41) is 2.92. The second kappa shape index (κ2) is 10.1. The number of carbonyl (C=O) groups excluding carboxylic acids is 1. The van der Waals surface area contributed by atoms with E-state index in [2.05, 4.69) is 32.0 Å². The van der Waals surface area contributed by atoms with Gasteiger partial charge in [0.1, 0.15) is 5.82 Å². The van der Waals surface area contributed by atoms with E-state index in [9.17, 15) is 14.4 Å². The maximum atomic E-state index is 12.4. The molecule has 176 valence electrons. The fraction of sp³-hybridized carbons (Fsp3) is 0.478. The van der Waals surface area contributed by atoms with E-state index in [1.54, 1.807) is 9.13 Å². The molecule has 0 unspecified atom stereocenters. The summed E-state index contributed by atoms with van der Waals surface area (Å²) >= 11 is 0. The lowest BCUT2D eigenvalue weighted by molar-refractivity contribution is -0.117. The molecule has 0 aliphatic carbocycles. The molecule has 2 aromatic heterocycles. The molecule has 0 radical (unpaired) electrons. The summed E-state index contributed by atoms with van der Waals surface area (Å²) in [7, 11) is 1.82. The molecule has 4 rings (SSSR count). The lowest BCUT2D eigenvalue weighted by atomic mass is 10.3. The number of fused-ring (bicyclic) bond motifs is 1. The lowest BCUT2D eigenvalue weighted by Gasteiger charge is -2.34. The quantitative estimate of drug-likeness (QED) is 0.526. The van der Waals surface area contributed by atoms with Crippen LogP contribution in [0.2, 0.25) is 0 Å². The SMILES string of the molecule is CCCCn1c(=O)[nH]c(=O)c2c1nc(CN1CCN(CC(=O)Nc3ccccc3)CC1)n2C. The van der Waals surface area contributed by atoms with Gasteiger partial charge in [0.25, 0.3) is 5.56 Å². The van der Waals surface area contributed by atoms with E-state index < -0.39 is 11.2 Å². The van der Waals surface area contributed by atoms with Crippen molar-refractivity contribution in [2.75, 3.05) is 38.0 Å². The molecule has 33 heavy (non-hydrogen) atoms. The van der Waals surface area contributed by atoms with E-state index in [0.29, 0.717) is 30.8 Å². The normalized spacial score (nSPS) is 15.2. The topological polar surface area (TPSA) is 108 Å². The molecule has 0 spiro atoms. The van der Waals surface area contributed by atoms with Gasteiger partial charge in [0.2, 0.25) is 5.91 Å². The third-order valence-corrected chi connectivity index (χ3v) is 6.10. The predicted octanol–water partition coefficient (Wildman–Crippen LogP) is 0.980. The number of nitrogens with zero attached hydrogens (tertiary/aromatic N) is 5. The van der Waals surface area contributed by atoms with Crippen LogP contribution >= 0.6 is 0 Å². The zero-order valence-corrected chi connectivity index (χ0v) is 19.2. The number of aryl methyl sites for hydroxylation is 2. The van der Waals surface area contributed by atoms with Crippen molar-refractivity contribution in [1.82, 2.24) is 28.9 Å². The van der Waals surface area contributed by atoms with E-state index in [-0.39, 0.29) is 5.91 Å². The van der Waals surface area contributed by atoms with Crippen LogP contribution in [0.1, 0.15) is 25.6 Å². The summed E-state index contributed by atoms with van der Waals surface area (Å²) < 4.78 is 3.35. The minimum atomic E-state index is -0.409. The number of anilines is 1. The monoisotopic (exact) mass is 453 g/mol. The van der Waals surface area contributed by atoms with Gasteiger partial charge in [-0.25, -0.2) is 9.78 Å². The number of aromatic amines is 1. The van der Waals surface area contributed by atoms with Gasteiger partial charge in [-0.3, -0.25) is 28.9 Å². The third kappa shape index (κ3) is 5.23. The Labute approximate surface area is 191 Å². The van der Waals surface area contributed by atoms with Gasteiger partial charge in [0.05, 0.1) is 13.1 Å². The van der Waals surface area contributed by atoms with Crippen LogP contribution in [-0.2, 0) is 24.9 Å². The first-order valence-electron chi connectivity index (χ1n) is 11.4. The van der Waals surface area contributed by atoms with Crippen LogP contribution in [0.3, 0.4) is 0 Å². The molecule has 2 N–H and O–H groups in total. The third-order valence-electron chi connectivity index (χ3n) is 6.10. The largest absolute Gasteiger partial charge is 0.330 e. The average Bonchev–Trinajstić information content (AvgIpc) is 3.12. The van der Waals surface area contributed by atoms with Crippen LogP contribution < -0.4 is 16.6 Å². The Morgan fingerprint density at radius 1 is 1.09 bits per heavy atom. The predicted molar refractivity (Wildman–Crippen MR) is 127 cm³/mol. The molecule has 1 saturated heterocycles. The molecule has 0 saturated carbocycles. The number of aromatic nitrogens is 4. The van der Waals surface area contributed by atoms with Crippen molar-refractivity contribution in [3.63, 3.8) is 0 Å². The van der Waals surface area contributed by atoms with Gasteiger partial charge < -0.3 is 9.88 Å². The molecule has 10 nitrogen and oxygen atoms in total. The van der Waals surface area contributed by atoms with Crippen molar-refractivity contribution in [3.8, 4) is 0 Å². The Bertz CT molecular complexity index is 1220. The van der Waals surface area contributed by atoms with Gasteiger partial charge in [-0.1, -0.05) is 31.5 Å². The number of para-hydroxylation sites is 1. The van der Waals surface area contributed by atoms with Crippen molar-refractivity contribution in [1.29, 1.82) is 0 Å². The molecule has 0 bridgehead atoms. The van der Waals surface area contributed by atoms with Crippen LogP contribution in [-0.4, -0.2) is 67.5 Å². The first-order valence-corrected chi connectivity index (χ1v) is 11.4. The molecular weight excluding hydrogens is 422 g/mol. The Morgan fingerprint density at radius 3 is 2.48 bits per heavy atom. The van der Waals surface area contributed by atoms with Gasteiger partial charge in [-0.2, -0.15) is 0 Å². The molecule has 10 heteroatoms. The summed E-state index contributed by atoms with van der Waals surface area (Å²) in [5.74, 6) is 0.732. The number of nitrogens with one attached hydrogen (secondary N) is 2. The molecule has 3 aromatic rings. The highest BCUT2D eigenvalue weighted by Crippen LogP contribution is 2.14. The maximum Gasteiger partial charge on any atom is 0.330 e. The van der Waals surface area contributed by atoms with Crippen molar-refractivity contribution >= 4 is 22.8 Å². The number of rotatable bonds is 8. The Morgan fingerprint density at radius 2 is 1.79 bits per heavy atom. The minimum Gasteiger partial charge on any atom is -0.325 e. The van der Waals surface area contributed by atoms with E-state index in [4.69, 9.17) is 0 Å². The summed E-state index contributed by atoms with van der Waals surface area (Å²) in [4.78, 5) is 48.6. The van der Waals surface area contributed by atoms with Crippen molar-refractivity contribution in [2.45, 2.75) is 32.9 Å². The Balaban J connectivity index is 1.39. The summed E-state index contributed by atoms with van der Waals surface area (Å²) in [6.45, 7) is 6.65. The second-order valence-corrected chi connectivity index (χ2v) is 8.49. The molecular formula is C23H31N7O3. The number of benzene rings is 1. The number of amides is 1. The van der Waals surface area contributed by atoms with E-state index in [1.165, 1.54) is 0 Å². The van der Waals surface area contributed by atoms with E-state index >= 15 is 0 Å². The summed E-state index contributed by atoms with van der Waals surface area (Å²) in [6.07, 6.45) is 1.78. The maximum absolute atomic E-state index is 12.4. The first kappa shape index (κ1) is 22.9. The van der Waals surface area contributed by atoms with E-state index in [0.717, 1.165) is 50.5 Å². The van der Waals surface area contributed by atoms with Gasteiger partial charge in [0.15, 0.2) is 11.2 Å².